The summed E-state index contributed by atoms with van der Waals surface area (Å²) in [5.74, 6) is -1.03. The summed E-state index contributed by atoms with van der Waals surface area (Å²) in [5, 5.41) is 12.4. The van der Waals surface area contributed by atoms with Crippen LogP contribution in [-0.4, -0.2) is 47.6 Å². The maximum absolute atomic E-state index is 14.2. The smallest absolute Gasteiger partial charge is 0.280 e. The Morgan fingerprint density at radius 1 is 1.40 bits per heavy atom. The number of hydrogen-bond donors (Lipinski definition) is 3. The molecule has 0 bridgehead atoms. The number of aromatic nitrogens is 1. The van der Waals surface area contributed by atoms with Crippen LogP contribution in [0.2, 0.25) is 0 Å². The van der Waals surface area contributed by atoms with Crippen molar-refractivity contribution in [2.45, 2.75) is 4.90 Å². The SMILES string of the molecule is CSc1ccc(Nc2[nH]c(=O)ccc2C(=O)N(C)OCCO)c(F)c1. The Morgan fingerprint density at radius 3 is 2.80 bits per heavy atom. The number of rotatable bonds is 7. The van der Waals surface area contributed by atoms with Gasteiger partial charge in [0.25, 0.3) is 5.91 Å². The maximum atomic E-state index is 14.2. The lowest BCUT2D eigenvalue weighted by molar-refractivity contribution is -0.114. The van der Waals surface area contributed by atoms with Gasteiger partial charge in [0.2, 0.25) is 5.56 Å². The summed E-state index contributed by atoms with van der Waals surface area (Å²) in [6.07, 6.45) is 1.83. The number of amides is 1. The van der Waals surface area contributed by atoms with E-state index in [1.807, 2.05) is 6.26 Å². The Bertz CT molecular complexity index is 812. The van der Waals surface area contributed by atoms with Gasteiger partial charge in [0.15, 0.2) is 0 Å². The quantitative estimate of drug-likeness (QED) is 0.512. The fourth-order valence-corrected chi connectivity index (χ4v) is 2.44. The van der Waals surface area contributed by atoms with Gasteiger partial charge < -0.3 is 15.4 Å². The van der Waals surface area contributed by atoms with E-state index in [-0.39, 0.29) is 30.3 Å². The van der Waals surface area contributed by atoms with Crippen molar-refractivity contribution in [1.82, 2.24) is 10.0 Å². The first kappa shape index (κ1) is 19.0. The highest BCUT2D eigenvalue weighted by molar-refractivity contribution is 7.98. The number of benzene rings is 1. The lowest BCUT2D eigenvalue weighted by Crippen LogP contribution is -2.29. The molecular formula is C16H18FN3O4S. The number of carbonyl (C=O) groups is 1. The van der Waals surface area contributed by atoms with Gasteiger partial charge in [-0.2, -0.15) is 0 Å². The summed E-state index contributed by atoms with van der Waals surface area (Å²) < 4.78 is 14.2. The van der Waals surface area contributed by atoms with Crippen molar-refractivity contribution >= 4 is 29.2 Å². The van der Waals surface area contributed by atoms with Gasteiger partial charge in [-0.1, -0.05) is 0 Å². The van der Waals surface area contributed by atoms with E-state index >= 15 is 0 Å². The van der Waals surface area contributed by atoms with E-state index in [1.54, 1.807) is 6.07 Å². The minimum absolute atomic E-state index is 0.0488. The van der Waals surface area contributed by atoms with E-state index in [0.717, 1.165) is 9.96 Å². The van der Waals surface area contributed by atoms with Gasteiger partial charge in [0.1, 0.15) is 11.6 Å². The number of pyridine rings is 1. The van der Waals surface area contributed by atoms with E-state index < -0.39 is 17.3 Å². The van der Waals surface area contributed by atoms with E-state index in [9.17, 15) is 14.0 Å². The Kier molecular flexibility index (Phi) is 6.57. The highest BCUT2D eigenvalue weighted by atomic mass is 32.2. The van der Waals surface area contributed by atoms with E-state index in [2.05, 4.69) is 10.3 Å². The lowest BCUT2D eigenvalue weighted by Gasteiger charge is -2.18. The number of carbonyl (C=O) groups excluding carboxylic acids is 1. The number of aromatic amines is 1. The average Bonchev–Trinajstić information content (AvgIpc) is 2.61. The first-order valence-electron chi connectivity index (χ1n) is 7.32. The number of aliphatic hydroxyl groups is 1. The summed E-state index contributed by atoms with van der Waals surface area (Å²) >= 11 is 1.40. The van der Waals surface area contributed by atoms with Gasteiger partial charge in [-0.25, -0.2) is 9.45 Å². The van der Waals surface area contributed by atoms with Crippen molar-refractivity contribution in [2.75, 3.05) is 31.8 Å². The molecule has 0 aliphatic carbocycles. The predicted molar refractivity (Wildman–Crippen MR) is 93.7 cm³/mol. The monoisotopic (exact) mass is 367 g/mol. The third-order valence-corrected chi connectivity index (χ3v) is 3.97. The Labute approximate surface area is 147 Å². The van der Waals surface area contributed by atoms with Crippen LogP contribution in [0.5, 0.6) is 0 Å². The van der Waals surface area contributed by atoms with Crippen molar-refractivity contribution in [3.05, 3.63) is 52.1 Å². The third kappa shape index (κ3) is 4.81. The summed E-state index contributed by atoms with van der Waals surface area (Å²) in [6.45, 7) is -0.305. The Balaban J connectivity index is 2.33. The molecule has 0 saturated carbocycles. The molecule has 2 rings (SSSR count). The van der Waals surface area contributed by atoms with Gasteiger partial charge >= 0.3 is 0 Å². The maximum Gasteiger partial charge on any atom is 0.280 e. The molecule has 0 atom stereocenters. The topological polar surface area (TPSA) is 94.7 Å². The van der Waals surface area contributed by atoms with Gasteiger partial charge in [0.05, 0.1) is 24.5 Å². The number of H-pyrrole nitrogens is 1. The number of nitrogens with zero attached hydrogens (tertiary/aromatic N) is 1. The fourth-order valence-electron chi connectivity index (χ4n) is 2.02. The minimum atomic E-state index is -0.562. The Morgan fingerprint density at radius 2 is 2.16 bits per heavy atom. The molecule has 0 spiro atoms. The molecule has 0 radical (unpaired) electrons. The normalized spacial score (nSPS) is 10.6. The summed E-state index contributed by atoms with van der Waals surface area (Å²) in [5.41, 5.74) is -0.236. The zero-order valence-electron chi connectivity index (χ0n) is 13.7. The van der Waals surface area contributed by atoms with Crippen LogP contribution in [0.4, 0.5) is 15.9 Å². The van der Waals surface area contributed by atoms with Gasteiger partial charge in [0, 0.05) is 18.0 Å². The zero-order chi connectivity index (χ0) is 18.4. The number of hydrogen-bond acceptors (Lipinski definition) is 6. The molecule has 1 aromatic carbocycles. The molecule has 134 valence electrons. The van der Waals surface area contributed by atoms with Crippen molar-refractivity contribution in [1.29, 1.82) is 0 Å². The Hall–Kier alpha value is -2.36. The van der Waals surface area contributed by atoms with Crippen molar-refractivity contribution in [2.24, 2.45) is 0 Å². The zero-order valence-corrected chi connectivity index (χ0v) is 14.5. The average molecular weight is 367 g/mol. The third-order valence-electron chi connectivity index (χ3n) is 3.25. The van der Waals surface area contributed by atoms with Crippen LogP contribution in [0, 0.1) is 5.82 Å². The van der Waals surface area contributed by atoms with E-state index in [1.165, 1.54) is 43.1 Å². The van der Waals surface area contributed by atoms with E-state index in [0.29, 0.717) is 0 Å². The fraction of sp³-hybridized carbons (Fsp3) is 0.250. The second kappa shape index (κ2) is 8.65. The van der Waals surface area contributed by atoms with Gasteiger partial charge in [-0.3, -0.25) is 14.4 Å². The molecule has 0 aliphatic rings. The first-order chi connectivity index (χ1) is 12.0. The minimum Gasteiger partial charge on any atom is -0.394 e. The predicted octanol–water partition coefficient (Wildman–Crippen LogP) is 1.98. The van der Waals surface area contributed by atoms with Crippen LogP contribution in [0.1, 0.15) is 10.4 Å². The number of hydroxylamine groups is 2. The molecule has 2 aromatic rings. The molecule has 9 heteroatoms. The summed E-state index contributed by atoms with van der Waals surface area (Å²) in [6, 6.07) is 7.09. The van der Waals surface area contributed by atoms with Crippen LogP contribution in [0.25, 0.3) is 0 Å². The van der Waals surface area contributed by atoms with Gasteiger partial charge in [-0.05, 0) is 30.5 Å². The highest BCUT2D eigenvalue weighted by Crippen LogP contribution is 2.25. The number of aliphatic hydroxyl groups excluding tert-OH is 1. The molecule has 25 heavy (non-hydrogen) atoms. The molecule has 0 fully saturated rings. The number of nitrogens with one attached hydrogen (secondary N) is 2. The largest absolute Gasteiger partial charge is 0.394 e. The van der Waals surface area contributed by atoms with Crippen molar-refractivity contribution in [3.8, 4) is 0 Å². The van der Waals surface area contributed by atoms with Crippen molar-refractivity contribution < 1.29 is 19.1 Å². The van der Waals surface area contributed by atoms with Crippen LogP contribution in [0.15, 0.2) is 40.0 Å². The second-order valence-electron chi connectivity index (χ2n) is 4.94. The number of halogens is 1. The second-order valence-corrected chi connectivity index (χ2v) is 5.82. The van der Waals surface area contributed by atoms with Gasteiger partial charge in [-0.15, -0.1) is 11.8 Å². The van der Waals surface area contributed by atoms with Crippen LogP contribution in [0.3, 0.4) is 0 Å². The van der Waals surface area contributed by atoms with Crippen molar-refractivity contribution in [3.63, 3.8) is 0 Å². The lowest BCUT2D eigenvalue weighted by atomic mass is 10.2. The van der Waals surface area contributed by atoms with Crippen LogP contribution in [-0.2, 0) is 4.84 Å². The van der Waals surface area contributed by atoms with Crippen LogP contribution < -0.4 is 10.9 Å². The molecular weight excluding hydrogens is 349 g/mol. The molecule has 0 aliphatic heterocycles. The molecule has 1 heterocycles. The molecule has 7 nitrogen and oxygen atoms in total. The molecule has 0 saturated heterocycles. The highest BCUT2D eigenvalue weighted by Gasteiger charge is 2.18. The van der Waals surface area contributed by atoms with E-state index in [4.69, 9.17) is 9.94 Å². The summed E-state index contributed by atoms with van der Waals surface area (Å²) in [4.78, 5) is 32.3. The standard InChI is InChI=1S/C16H18FN3O4S/c1-20(24-8-7-21)16(23)11-4-6-14(22)19-15(11)18-13-5-3-10(25-2)9-12(13)17/h3-6,9,21H,7-8H2,1-2H3,(H2,18,19,22). The molecule has 1 aromatic heterocycles. The first-order valence-corrected chi connectivity index (χ1v) is 8.54. The molecule has 3 N–H and O–H groups in total. The molecule has 1 amide bonds. The number of thioether (sulfide) groups is 1. The summed E-state index contributed by atoms with van der Waals surface area (Å²) in [7, 11) is 1.38. The number of anilines is 2. The molecule has 0 unspecified atom stereocenters. The van der Waals surface area contributed by atoms with Crippen LogP contribution >= 0.6 is 11.8 Å².